The number of benzene rings is 1. The van der Waals surface area contributed by atoms with Crippen molar-refractivity contribution in [2.24, 2.45) is 0 Å². The maximum absolute atomic E-state index is 6.25. The van der Waals surface area contributed by atoms with E-state index in [2.05, 4.69) is 34.1 Å². The Morgan fingerprint density at radius 3 is 2.10 bits per heavy atom. The van der Waals surface area contributed by atoms with Gasteiger partial charge in [-0.15, -0.1) is 0 Å². The highest BCUT2D eigenvalue weighted by Crippen LogP contribution is 2.32. The van der Waals surface area contributed by atoms with E-state index >= 15 is 0 Å². The molecule has 1 aromatic carbocycles. The van der Waals surface area contributed by atoms with Gasteiger partial charge in [0.1, 0.15) is 11.0 Å². The van der Waals surface area contributed by atoms with E-state index in [-0.39, 0.29) is 0 Å². The lowest BCUT2D eigenvalue weighted by Crippen LogP contribution is -2.27. The molecule has 2 nitrogen and oxygen atoms in total. The van der Waals surface area contributed by atoms with Gasteiger partial charge in [0.15, 0.2) is 0 Å². The first kappa shape index (κ1) is 14.0. The largest absolute Gasteiger partial charge is 0.355 e. The summed E-state index contributed by atoms with van der Waals surface area (Å²) in [5, 5.41) is 1.23. The molecule has 0 unspecified atom stereocenters. The SMILES string of the molecule is Clc1cc(Cl)c(N2CCc3ccccc3CC2)nc1Cl. The van der Waals surface area contributed by atoms with Crippen molar-refractivity contribution in [3.05, 3.63) is 56.7 Å². The van der Waals surface area contributed by atoms with Gasteiger partial charge in [-0.3, -0.25) is 0 Å². The molecule has 0 spiro atoms. The van der Waals surface area contributed by atoms with E-state index in [0.29, 0.717) is 21.0 Å². The number of hydrogen-bond donors (Lipinski definition) is 0. The average molecular weight is 328 g/mol. The van der Waals surface area contributed by atoms with E-state index in [0.717, 1.165) is 25.9 Å². The third kappa shape index (κ3) is 2.73. The first-order chi connectivity index (χ1) is 9.65. The van der Waals surface area contributed by atoms with Crippen molar-refractivity contribution in [1.29, 1.82) is 0 Å². The zero-order valence-corrected chi connectivity index (χ0v) is 13.0. The fourth-order valence-electron chi connectivity index (χ4n) is 2.54. The van der Waals surface area contributed by atoms with Gasteiger partial charge in [0.25, 0.3) is 0 Å². The van der Waals surface area contributed by atoms with Crippen LogP contribution < -0.4 is 4.90 Å². The van der Waals surface area contributed by atoms with Gasteiger partial charge in [-0.1, -0.05) is 59.1 Å². The van der Waals surface area contributed by atoms with Crippen LogP contribution in [0.15, 0.2) is 30.3 Å². The summed E-state index contributed by atoms with van der Waals surface area (Å²) in [4.78, 5) is 6.50. The van der Waals surface area contributed by atoms with Crippen LogP contribution in [0, 0.1) is 0 Å². The second-order valence-electron chi connectivity index (χ2n) is 4.82. The maximum Gasteiger partial charge on any atom is 0.150 e. The second kappa shape index (κ2) is 5.80. The molecule has 104 valence electrons. The van der Waals surface area contributed by atoms with Crippen molar-refractivity contribution < 1.29 is 0 Å². The predicted molar refractivity (Wildman–Crippen MR) is 85.3 cm³/mol. The van der Waals surface area contributed by atoms with Crippen LogP contribution in [-0.4, -0.2) is 18.1 Å². The number of anilines is 1. The van der Waals surface area contributed by atoms with E-state index in [1.165, 1.54) is 11.1 Å². The fourth-order valence-corrected chi connectivity index (χ4v) is 3.15. The molecule has 0 amide bonds. The number of hydrogen-bond acceptors (Lipinski definition) is 2. The molecule has 0 saturated heterocycles. The summed E-state index contributed by atoms with van der Waals surface area (Å²) in [5.41, 5.74) is 2.79. The van der Waals surface area contributed by atoms with Crippen molar-refractivity contribution in [2.75, 3.05) is 18.0 Å². The molecule has 3 rings (SSSR count). The molecule has 20 heavy (non-hydrogen) atoms. The maximum atomic E-state index is 6.25. The molecule has 0 aliphatic carbocycles. The molecule has 2 aromatic rings. The Bertz CT molecular complexity index is 616. The van der Waals surface area contributed by atoms with Crippen molar-refractivity contribution in [1.82, 2.24) is 4.98 Å². The lowest BCUT2D eigenvalue weighted by atomic mass is 10.0. The van der Waals surface area contributed by atoms with E-state index in [1.54, 1.807) is 6.07 Å². The van der Waals surface area contributed by atoms with Gasteiger partial charge >= 0.3 is 0 Å². The molecule has 0 fully saturated rings. The summed E-state index contributed by atoms with van der Waals surface area (Å²) in [6, 6.07) is 10.2. The van der Waals surface area contributed by atoms with Gasteiger partial charge in [0.2, 0.25) is 0 Å². The molecule has 0 saturated carbocycles. The Morgan fingerprint density at radius 1 is 0.900 bits per heavy atom. The first-order valence-electron chi connectivity index (χ1n) is 6.48. The molecule has 1 aromatic heterocycles. The first-order valence-corrected chi connectivity index (χ1v) is 7.62. The summed E-state index contributed by atoms with van der Waals surface area (Å²) in [6.07, 6.45) is 1.96. The Balaban J connectivity index is 1.89. The van der Waals surface area contributed by atoms with E-state index in [9.17, 15) is 0 Å². The van der Waals surface area contributed by atoms with Crippen LogP contribution in [0.4, 0.5) is 5.82 Å². The lowest BCUT2D eigenvalue weighted by Gasteiger charge is -2.22. The molecular formula is C15H13Cl3N2. The molecule has 1 aliphatic heterocycles. The normalized spacial score (nSPS) is 14.8. The number of rotatable bonds is 1. The monoisotopic (exact) mass is 326 g/mol. The topological polar surface area (TPSA) is 16.1 Å². The smallest absolute Gasteiger partial charge is 0.150 e. The van der Waals surface area contributed by atoms with Crippen molar-refractivity contribution in [3.63, 3.8) is 0 Å². The van der Waals surface area contributed by atoms with Crippen LogP contribution in [0.3, 0.4) is 0 Å². The molecule has 0 N–H and O–H groups in total. The van der Waals surface area contributed by atoms with Crippen LogP contribution >= 0.6 is 34.8 Å². The minimum absolute atomic E-state index is 0.299. The Kier molecular flexibility index (Phi) is 4.06. The van der Waals surface area contributed by atoms with Crippen LogP contribution in [0.1, 0.15) is 11.1 Å². The number of nitrogens with zero attached hydrogens (tertiary/aromatic N) is 2. The number of pyridine rings is 1. The van der Waals surface area contributed by atoms with Crippen molar-refractivity contribution >= 4 is 40.6 Å². The third-order valence-corrected chi connectivity index (χ3v) is 4.54. The average Bonchev–Trinajstić information content (AvgIpc) is 2.65. The van der Waals surface area contributed by atoms with Crippen molar-refractivity contribution in [2.45, 2.75) is 12.8 Å². The summed E-state index contributed by atoms with van der Waals surface area (Å²) in [5.74, 6) is 0.717. The van der Waals surface area contributed by atoms with Gasteiger partial charge in [0, 0.05) is 13.1 Å². The zero-order valence-electron chi connectivity index (χ0n) is 10.7. The highest BCUT2D eigenvalue weighted by atomic mass is 35.5. The van der Waals surface area contributed by atoms with E-state index in [1.807, 2.05) is 0 Å². The molecule has 0 bridgehead atoms. The lowest BCUT2D eigenvalue weighted by molar-refractivity contribution is 0.791. The minimum Gasteiger partial charge on any atom is -0.355 e. The predicted octanol–water partition coefficient (Wildman–Crippen LogP) is 4.65. The molecule has 0 radical (unpaired) electrons. The summed E-state index contributed by atoms with van der Waals surface area (Å²) >= 11 is 18.2. The van der Waals surface area contributed by atoms with Gasteiger partial charge in [-0.05, 0) is 30.0 Å². The summed E-state index contributed by atoms with van der Waals surface area (Å²) in [6.45, 7) is 1.75. The molecule has 0 atom stereocenters. The van der Waals surface area contributed by atoms with Crippen LogP contribution in [0.25, 0.3) is 0 Å². The Hall–Kier alpha value is -0.960. The second-order valence-corrected chi connectivity index (χ2v) is 5.99. The number of fused-ring (bicyclic) bond motifs is 1. The van der Waals surface area contributed by atoms with Crippen LogP contribution in [0.5, 0.6) is 0 Å². The van der Waals surface area contributed by atoms with Gasteiger partial charge in [-0.25, -0.2) is 4.98 Å². The van der Waals surface area contributed by atoms with E-state index in [4.69, 9.17) is 34.8 Å². The van der Waals surface area contributed by atoms with Crippen molar-refractivity contribution in [3.8, 4) is 0 Å². The quantitative estimate of drug-likeness (QED) is 0.709. The van der Waals surface area contributed by atoms with E-state index < -0.39 is 0 Å². The molecule has 5 heteroatoms. The van der Waals surface area contributed by atoms with Crippen LogP contribution in [0.2, 0.25) is 15.2 Å². The molecule has 1 aliphatic rings. The summed E-state index contributed by atoms with van der Waals surface area (Å²) < 4.78 is 0. The Morgan fingerprint density at radius 2 is 1.50 bits per heavy atom. The van der Waals surface area contributed by atoms with Gasteiger partial charge in [-0.2, -0.15) is 0 Å². The zero-order chi connectivity index (χ0) is 14.1. The van der Waals surface area contributed by atoms with Gasteiger partial charge < -0.3 is 4.90 Å². The van der Waals surface area contributed by atoms with Gasteiger partial charge in [0.05, 0.1) is 10.0 Å². The minimum atomic E-state index is 0.299. The highest BCUT2D eigenvalue weighted by molar-refractivity contribution is 6.42. The molecular weight excluding hydrogens is 315 g/mol. The van der Waals surface area contributed by atoms with Crippen LogP contribution in [-0.2, 0) is 12.8 Å². The Labute approximate surface area is 133 Å². The molecule has 2 heterocycles. The summed E-state index contributed by atoms with van der Waals surface area (Å²) in [7, 11) is 0. The highest BCUT2D eigenvalue weighted by Gasteiger charge is 2.18. The fraction of sp³-hybridized carbons (Fsp3) is 0.267. The number of aromatic nitrogens is 1. The third-order valence-electron chi connectivity index (χ3n) is 3.59. The standard InChI is InChI=1S/C15H13Cl3N2/c16-12-9-13(17)15(19-14(12)18)20-7-5-10-3-1-2-4-11(10)6-8-20/h1-4,9H,5-8H2. The number of halogens is 3.